The minimum atomic E-state index is -1.12. The van der Waals surface area contributed by atoms with E-state index >= 15 is 0 Å². The summed E-state index contributed by atoms with van der Waals surface area (Å²) in [7, 11) is 1.57. The van der Waals surface area contributed by atoms with Crippen LogP contribution in [0.1, 0.15) is 16.2 Å². The van der Waals surface area contributed by atoms with E-state index < -0.39 is 5.97 Å². The molecule has 0 atom stereocenters. The number of methoxy groups -OCH3 is 1. The number of carbonyl (C=O) groups is 2. The smallest absolute Gasteiger partial charge is 0.335 e. The first-order chi connectivity index (χ1) is 17.5. The molecule has 3 aromatic carbocycles. The van der Waals surface area contributed by atoms with Gasteiger partial charge < -0.3 is 19.9 Å². The summed E-state index contributed by atoms with van der Waals surface area (Å²) >= 11 is 7.29. The largest absolute Gasteiger partial charge is 0.493 e. The number of benzene rings is 3. The van der Waals surface area contributed by atoms with E-state index in [1.165, 1.54) is 30.0 Å². The molecule has 36 heavy (non-hydrogen) atoms. The molecule has 1 aromatic heterocycles. The van der Waals surface area contributed by atoms with E-state index in [4.69, 9.17) is 21.1 Å². The predicted octanol–water partition coefficient (Wildman–Crippen LogP) is 4.94. The van der Waals surface area contributed by atoms with Crippen LogP contribution in [0.4, 0.5) is 5.69 Å². The summed E-state index contributed by atoms with van der Waals surface area (Å²) in [5, 5.41) is 21.1. The number of aromatic carboxylic acids is 1. The number of carboxylic acid groups (broad SMARTS) is 1. The highest BCUT2D eigenvalue weighted by molar-refractivity contribution is 7.99. The molecule has 2 N–H and O–H groups in total. The van der Waals surface area contributed by atoms with Gasteiger partial charge in [0, 0.05) is 5.69 Å². The highest BCUT2D eigenvalue weighted by Crippen LogP contribution is 2.28. The molecule has 11 heteroatoms. The number of rotatable bonds is 10. The molecule has 0 spiro atoms. The van der Waals surface area contributed by atoms with Crippen molar-refractivity contribution in [1.29, 1.82) is 0 Å². The van der Waals surface area contributed by atoms with Gasteiger partial charge in [-0.3, -0.25) is 9.36 Å². The lowest BCUT2D eigenvalue weighted by Gasteiger charge is -2.13. The average Bonchev–Trinajstić information content (AvgIpc) is 3.30. The third-order valence-electron chi connectivity index (χ3n) is 4.96. The number of hydrogen-bond donors (Lipinski definition) is 2. The Hall–Kier alpha value is -4.02. The minimum absolute atomic E-state index is 0.00798. The third kappa shape index (κ3) is 5.96. The summed E-state index contributed by atoms with van der Waals surface area (Å²) in [6.07, 6.45) is 0. The summed E-state index contributed by atoms with van der Waals surface area (Å²) in [4.78, 5) is 23.8. The fraction of sp³-hybridized carbons (Fsp3) is 0.120. The number of carboxylic acids is 1. The number of thioether (sulfide) groups is 1. The normalized spacial score (nSPS) is 10.6. The lowest BCUT2D eigenvalue weighted by Crippen LogP contribution is -2.15. The number of hydrogen-bond acceptors (Lipinski definition) is 7. The summed E-state index contributed by atoms with van der Waals surface area (Å²) in [6, 6.07) is 20.9. The molecule has 0 radical (unpaired) electrons. The number of para-hydroxylation sites is 3. The van der Waals surface area contributed by atoms with E-state index in [2.05, 4.69) is 15.5 Å². The summed E-state index contributed by atoms with van der Waals surface area (Å²) in [5.41, 5.74) is 1.05. The van der Waals surface area contributed by atoms with Crippen molar-refractivity contribution in [3.63, 3.8) is 0 Å². The van der Waals surface area contributed by atoms with Gasteiger partial charge in [0.2, 0.25) is 5.91 Å². The van der Waals surface area contributed by atoms with Crippen molar-refractivity contribution < 1.29 is 24.2 Å². The van der Waals surface area contributed by atoms with E-state index in [1.807, 2.05) is 47.0 Å². The van der Waals surface area contributed by atoms with Crippen LogP contribution in [-0.2, 0) is 11.4 Å². The highest BCUT2D eigenvalue weighted by Gasteiger charge is 2.18. The predicted molar refractivity (Wildman–Crippen MR) is 136 cm³/mol. The van der Waals surface area contributed by atoms with Crippen LogP contribution in [-0.4, -0.2) is 44.6 Å². The van der Waals surface area contributed by atoms with Gasteiger partial charge in [0.05, 0.1) is 29.1 Å². The van der Waals surface area contributed by atoms with Crippen LogP contribution in [0, 0.1) is 0 Å². The Labute approximate surface area is 216 Å². The fourth-order valence-electron chi connectivity index (χ4n) is 3.27. The molecule has 0 bridgehead atoms. The summed E-state index contributed by atoms with van der Waals surface area (Å²) < 4.78 is 13.1. The lowest BCUT2D eigenvalue weighted by molar-refractivity contribution is -0.113. The van der Waals surface area contributed by atoms with Crippen molar-refractivity contribution in [2.24, 2.45) is 0 Å². The lowest BCUT2D eigenvalue weighted by atomic mass is 10.2. The van der Waals surface area contributed by atoms with Crippen LogP contribution in [0.3, 0.4) is 0 Å². The van der Waals surface area contributed by atoms with Gasteiger partial charge in [-0.15, -0.1) is 10.2 Å². The fourth-order valence-corrected chi connectivity index (χ4v) is 4.21. The standard InChI is InChI=1S/C25H21ClN4O5S/c1-34-20-9-5-6-10-21(20)35-14-22-28-29-25(30(22)17-7-3-2-4-8-17)36-15-23(31)27-19-13-16(24(32)33)11-12-18(19)26/h2-13H,14-15H2,1H3,(H,27,31)(H,32,33). The van der Waals surface area contributed by atoms with Crippen LogP contribution in [0.5, 0.6) is 11.5 Å². The van der Waals surface area contributed by atoms with Crippen molar-refractivity contribution in [1.82, 2.24) is 14.8 Å². The second-order valence-electron chi connectivity index (χ2n) is 7.35. The number of anilines is 1. The van der Waals surface area contributed by atoms with Crippen LogP contribution in [0.25, 0.3) is 5.69 Å². The van der Waals surface area contributed by atoms with Gasteiger partial charge in [-0.25, -0.2) is 4.79 Å². The zero-order valence-electron chi connectivity index (χ0n) is 19.1. The monoisotopic (exact) mass is 524 g/mol. The minimum Gasteiger partial charge on any atom is -0.493 e. The SMILES string of the molecule is COc1ccccc1OCc1nnc(SCC(=O)Nc2cc(C(=O)O)ccc2Cl)n1-c1ccccc1. The first-order valence-electron chi connectivity index (χ1n) is 10.7. The van der Waals surface area contributed by atoms with Gasteiger partial charge >= 0.3 is 5.97 Å². The number of ether oxygens (including phenoxy) is 2. The second-order valence-corrected chi connectivity index (χ2v) is 8.70. The number of nitrogens with zero attached hydrogens (tertiary/aromatic N) is 3. The molecule has 0 aliphatic heterocycles. The molecule has 184 valence electrons. The van der Waals surface area contributed by atoms with Gasteiger partial charge in [0.15, 0.2) is 22.5 Å². The van der Waals surface area contributed by atoms with Crippen molar-refractivity contribution in [3.8, 4) is 17.2 Å². The molecule has 0 unspecified atom stereocenters. The van der Waals surface area contributed by atoms with Crippen molar-refractivity contribution in [3.05, 3.63) is 89.2 Å². The summed E-state index contributed by atoms with van der Waals surface area (Å²) in [6.45, 7) is 0.118. The maximum atomic E-state index is 12.6. The Bertz CT molecular complexity index is 1380. The van der Waals surface area contributed by atoms with E-state index in [0.29, 0.717) is 22.5 Å². The molecular weight excluding hydrogens is 504 g/mol. The van der Waals surface area contributed by atoms with Crippen molar-refractivity contribution in [2.45, 2.75) is 11.8 Å². The van der Waals surface area contributed by atoms with E-state index in [-0.39, 0.29) is 34.5 Å². The second kappa shape index (κ2) is 11.6. The Kier molecular flexibility index (Phi) is 8.09. The average molecular weight is 525 g/mol. The Morgan fingerprint density at radius 2 is 1.75 bits per heavy atom. The quantitative estimate of drug-likeness (QED) is 0.280. The first-order valence-corrected chi connectivity index (χ1v) is 12.0. The van der Waals surface area contributed by atoms with Crippen LogP contribution in [0.2, 0.25) is 5.02 Å². The topological polar surface area (TPSA) is 116 Å². The van der Waals surface area contributed by atoms with Gasteiger partial charge in [-0.2, -0.15) is 0 Å². The zero-order valence-corrected chi connectivity index (χ0v) is 20.6. The number of amides is 1. The molecule has 4 aromatic rings. The maximum absolute atomic E-state index is 12.6. The molecule has 0 fully saturated rings. The van der Waals surface area contributed by atoms with E-state index in [1.54, 1.807) is 19.2 Å². The molecule has 4 rings (SSSR count). The molecule has 0 aliphatic carbocycles. The van der Waals surface area contributed by atoms with Crippen LogP contribution in [0.15, 0.2) is 78.0 Å². The Morgan fingerprint density at radius 1 is 1.03 bits per heavy atom. The number of carbonyl (C=O) groups excluding carboxylic acids is 1. The van der Waals surface area contributed by atoms with Gasteiger partial charge in [-0.05, 0) is 42.5 Å². The zero-order chi connectivity index (χ0) is 25.5. The maximum Gasteiger partial charge on any atom is 0.335 e. The number of nitrogens with one attached hydrogen (secondary N) is 1. The van der Waals surface area contributed by atoms with Crippen LogP contribution >= 0.6 is 23.4 Å². The van der Waals surface area contributed by atoms with E-state index in [9.17, 15) is 14.7 Å². The van der Waals surface area contributed by atoms with Gasteiger partial charge in [0.25, 0.3) is 0 Å². The molecule has 1 amide bonds. The number of aromatic nitrogens is 3. The Morgan fingerprint density at radius 3 is 2.47 bits per heavy atom. The van der Waals surface area contributed by atoms with E-state index in [0.717, 1.165) is 5.69 Å². The highest BCUT2D eigenvalue weighted by atomic mass is 35.5. The molecular formula is C25H21ClN4O5S. The number of halogens is 1. The molecule has 0 aliphatic rings. The molecule has 9 nitrogen and oxygen atoms in total. The first kappa shape index (κ1) is 25.1. The van der Waals surface area contributed by atoms with Crippen molar-refractivity contribution in [2.75, 3.05) is 18.2 Å². The van der Waals surface area contributed by atoms with Crippen molar-refractivity contribution >= 4 is 40.9 Å². The molecule has 0 saturated heterocycles. The van der Waals surface area contributed by atoms with Crippen LogP contribution < -0.4 is 14.8 Å². The molecule has 0 saturated carbocycles. The summed E-state index contributed by atoms with van der Waals surface area (Å²) in [5.74, 6) is 0.199. The molecule has 1 heterocycles. The van der Waals surface area contributed by atoms with Gasteiger partial charge in [-0.1, -0.05) is 53.7 Å². The van der Waals surface area contributed by atoms with Gasteiger partial charge in [0.1, 0.15) is 6.61 Å². The third-order valence-corrected chi connectivity index (χ3v) is 6.22. The Balaban J connectivity index is 1.51.